The molecule has 1 N–H and O–H groups in total. The summed E-state index contributed by atoms with van der Waals surface area (Å²) in [5.74, 6) is 0.866. The van der Waals surface area contributed by atoms with E-state index in [1.165, 1.54) is 12.1 Å². The van der Waals surface area contributed by atoms with Gasteiger partial charge in [-0.2, -0.15) is 0 Å². The number of nitro groups is 1. The van der Waals surface area contributed by atoms with Gasteiger partial charge in [0.25, 0.3) is 5.69 Å². The minimum absolute atomic E-state index is 0.130. The molecule has 1 heterocycles. The van der Waals surface area contributed by atoms with Gasteiger partial charge >= 0.3 is 0 Å². The normalized spacial score (nSPS) is 20.1. The van der Waals surface area contributed by atoms with Crippen LogP contribution < -0.4 is 5.32 Å². The van der Waals surface area contributed by atoms with Gasteiger partial charge < -0.3 is 10.1 Å². The summed E-state index contributed by atoms with van der Waals surface area (Å²) in [6.07, 6.45) is 0.226. The van der Waals surface area contributed by atoms with Gasteiger partial charge in [0.05, 0.1) is 17.6 Å². The molecule has 0 aliphatic carbocycles. The summed E-state index contributed by atoms with van der Waals surface area (Å²) in [6, 6.07) is 6.61. The third kappa shape index (κ3) is 3.69. The number of ether oxygens (including phenoxy) is 1. The van der Waals surface area contributed by atoms with Gasteiger partial charge in [-0.05, 0) is 12.1 Å². The Morgan fingerprint density at radius 2 is 2.24 bits per heavy atom. The van der Waals surface area contributed by atoms with E-state index in [0.29, 0.717) is 0 Å². The number of nitro benzene ring substituents is 1. The minimum Gasteiger partial charge on any atom is -0.375 e. The summed E-state index contributed by atoms with van der Waals surface area (Å²) in [5, 5.41) is 13.8. The number of morpholine rings is 1. The summed E-state index contributed by atoms with van der Waals surface area (Å²) >= 11 is 1.66. The average molecular weight is 254 g/mol. The molecule has 0 amide bonds. The van der Waals surface area contributed by atoms with Crippen LogP contribution in [0.3, 0.4) is 0 Å². The molecule has 92 valence electrons. The Morgan fingerprint density at radius 3 is 2.82 bits per heavy atom. The van der Waals surface area contributed by atoms with E-state index in [9.17, 15) is 10.1 Å². The van der Waals surface area contributed by atoms with E-state index in [-0.39, 0.29) is 16.7 Å². The van der Waals surface area contributed by atoms with Crippen LogP contribution in [0.2, 0.25) is 0 Å². The second-order valence-electron chi connectivity index (χ2n) is 3.76. The van der Waals surface area contributed by atoms with Crippen LogP contribution in [-0.4, -0.2) is 36.5 Å². The molecular weight excluding hydrogens is 240 g/mol. The molecule has 5 nitrogen and oxygen atoms in total. The topological polar surface area (TPSA) is 64.4 Å². The van der Waals surface area contributed by atoms with Crippen molar-refractivity contribution < 1.29 is 9.66 Å². The first-order valence-corrected chi connectivity index (χ1v) is 6.44. The summed E-state index contributed by atoms with van der Waals surface area (Å²) in [4.78, 5) is 11.1. The van der Waals surface area contributed by atoms with E-state index in [1.54, 1.807) is 23.9 Å². The van der Waals surface area contributed by atoms with E-state index < -0.39 is 0 Å². The summed E-state index contributed by atoms with van der Waals surface area (Å²) in [6.45, 7) is 2.55. The Balaban J connectivity index is 1.84. The zero-order valence-corrected chi connectivity index (χ0v) is 10.1. The van der Waals surface area contributed by atoms with Crippen molar-refractivity contribution in [2.45, 2.75) is 11.0 Å². The average Bonchev–Trinajstić information content (AvgIpc) is 2.38. The molecule has 1 unspecified atom stereocenters. The van der Waals surface area contributed by atoms with Crippen LogP contribution in [0.4, 0.5) is 5.69 Å². The Hall–Kier alpha value is -1.11. The number of nitrogens with zero attached hydrogens (tertiary/aromatic N) is 1. The van der Waals surface area contributed by atoms with Crippen molar-refractivity contribution in [2.75, 3.05) is 25.4 Å². The Bertz CT molecular complexity index is 377. The Labute approximate surface area is 104 Å². The second kappa shape index (κ2) is 6.00. The monoisotopic (exact) mass is 254 g/mol. The van der Waals surface area contributed by atoms with Gasteiger partial charge in [-0.3, -0.25) is 10.1 Å². The van der Waals surface area contributed by atoms with Crippen molar-refractivity contribution in [3.8, 4) is 0 Å². The van der Waals surface area contributed by atoms with Gasteiger partial charge in [-0.25, -0.2) is 0 Å². The maximum absolute atomic E-state index is 10.5. The van der Waals surface area contributed by atoms with Crippen molar-refractivity contribution in [1.82, 2.24) is 5.32 Å². The first-order valence-electron chi connectivity index (χ1n) is 5.45. The van der Waals surface area contributed by atoms with E-state index in [2.05, 4.69) is 5.32 Å². The first-order chi connectivity index (χ1) is 8.25. The molecule has 0 radical (unpaired) electrons. The third-order valence-electron chi connectivity index (χ3n) is 2.49. The second-order valence-corrected chi connectivity index (χ2v) is 4.85. The van der Waals surface area contributed by atoms with E-state index in [0.717, 1.165) is 30.3 Å². The van der Waals surface area contributed by atoms with Crippen LogP contribution in [0.15, 0.2) is 29.2 Å². The van der Waals surface area contributed by atoms with Crippen LogP contribution in [0, 0.1) is 10.1 Å². The number of nitrogens with one attached hydrogen (secondary N) is 1. The first kappa shape index (κ1) is 12.3. The maximum Gasteiger partial charge on any atom is 0.269 e. The predicted octanol–water partition coefficient (Wildman–Crippen LogP) is 1.68. The largest absolute Gasteiger partial charge is 0.375 e. The van der Waals surface area contributed by atoms with Gasteiger partial charge in [-0.15, -0.1) is 11.8 Å². The molecule has 17 heavy (non-hydrogen) atoms. The molecule has 0 bridgehead atoms. The zero-order valence-electron chi connectivity index (χ0n) is 9.30. The molecule has 1 aromatic carbocycles. The van der Waals surface area contributed by atoms with E-state index in [1.807, 2.05) is 0 Å². The number of non-ortho nitro benzene ring substituents is 1. The minimum atomic E-state index is -0.386. The van der Waals surface area contributed by atoms with Gasteiger partial charge in [0.15, 0.2) is 0 Å². The van der Waals surface area contributed by atoms with Crippen LogP contribution in [0.25, 0.3) is 0 Å². The molecule has 1 aliphatic rings. The summed E-state index contributed by atoms with van der Waals surface area (Å²) in [5.41, 5.74) is 0.130. The van der Waals surface area contributed by atoms with Crippen LogP contribution in [0.5, 0.6) is 0 Å². The number of thioether (sulfide) groups is 1. The molecule has 0 spiro atoms. The molecule has 0 aromatic heterocycles. The fraction of sp³-hybridized carbons (Fsp3) is 0.455. The smallest absolute Gasteiger partial charge is 0.269 e. The zero-order chi connectivity index (χ0) is 12.1. The predicted molar refractivity (Wildman–Crippen MR) is 66.4 cm³/mol. The maximum atomic E-state index is 10.5. The standard InChI is InChI=1S/C11H14N2O3S/c14-13(15)9-1-3-11(4-2-9)17-8-10-7-12-5-6-16-10/h1-4,10,12H,5-8H2. The molecular formula is C11H14N2O3S. The van der Waals surface area contributed by atoms with Gasteiger partial charge in [0.1, 0.15) is 0 Å². The highest BCUT2D eigenvalue weighted by molar-refractivity contribution is 7.99. The van der Waals surface area contributed by atoms with Crippen molar-refractivity contribution in [3.05, 3.63) is 34.4 Å². The van der Waals surface area contributed by atoms with Crippen molar-refractivity contribution in [1.29, 1.82) is 0 Å². The van der Waals surface area contributed by atoms with Gasteiger partial charge in [0.2, 0.25) is 0 Å². The molecule has 0 saturated carbocycles. The van der Waals surface area contributed by atoms with Gasteiger partial charge in [0, 0.05) is 35.9 Å². The lowest BCUT2D eigenvalue weighted by Crippen LogP contribution is -2.39. The molecule has 1 saturated heterocycles. The van der Waals surface area contributed by atoms with Crippen molar-refractivity contribution >= 4 is 17.4 Å². The molecule has 2 rings (SSSR count). The van der Waals surface area contributed by atoms with E-state index in [4.69, 9.17) is 4.74 Å². The SMILES string of the molecule is O=[N+]([O-])c1ccc(SCC2CNCCO2)cc1. The van der Waals surface area contributed by atoms with Crippen LogP contribution in [-0.2, 0) is 4.74 Å². The molecule has 1 fully saturated rings. The molecule has 6 heteroatoms. The highest BCUT2D eigenvalue weighted by Crippen LogP contribution is 2.22. The van der Waals surface area contributed by atoms with Crippen LogP contribution in [0.1, 0.15) is 0 Å². The Morgan fingerprint density at radius 1 is 1.47 bits per heavy atom. The van der Waals surface area contributed by atoms with Crippen LogP contribution >= 0.6 is 11.8 Å². The van der Waals surface area contributed by atoms with E-state index >= 15 is 0 Å². The number of rotatable bonds is 4. The highest BCUT2D eigenvalue weighted by atomic mass is 32.2. The summed E-state index contributed by atoms with van der Waals surface area (Å²) in [7, 11) is 0. The lowest BCUT2D eigenvalue weighted by Gasteiger charge is -2.23. The molecule has 1 aliphatic heterocycles. The fourth-order valence-electron chi connectivity index (χ4n) is 1.58. The van der Waals surface area contributed by atoms with Gasteiger partial charge in [-0.1, -0.05) is 0 Å². The number of hydrogen-bond acceptors (Lipinski definition) is 5. The fourth-order valence-corrected chi connectivity index (χ4v) is 2.50. The Kier molecular flexibility index (Phi) is 4.36. The quantitative estimate of drug-likeness (QED) is 0.503. The van der Waals surface area contributed by atoms with Crippen molar-refractivity contribution in [3.63, 3.8) is 0 Å². The molecule has 1 aromatic rings. The highest BCUT2D eigenvalue weighted by Gasteiger charge is 2.13. The number of benzene rings is 1. The summed E-state index contributed by atoms with van der Waals surface area (Å²) < 4.78 is 5.57. The number of hydrogen-bond donors (Lipinski definition) is 1. The lowest BCUT2D eigenvalue weighted by atomic mass is 10.3. The van der Waals surface area contributed by atoms with Crippen molar-refractivity contribution in [2.24, 2.45) is 0 Å². The molecule has 1 atom stereocenters. The lowest BCUT2D eigenvalue weighted by molar-refractivity contribution is -0.384. The third-order valence-corrected chi connectivity index (χ3v) is 3.63.